The van der Waals surface area contributed by atoms with E-state index >= 15 is 0 Å². The quantitative estimate of drug-likeness (QED) is 0.738. The van der Waals surface area contributed by atoms with Gasteiger partial charge >= 0.3 is 0 Å². The topological polar surface area (TPSA) is 84.9 Å². The number of fused-ring (bicyclic) bond motifs is 1. The van der Waals surface area contributed by atoms with Gasteiger partial charge in [0.15, 0.2) is 0 Å². The van der Waals surface area contributed by atoms with Crippen LogP contribution in [0.4, 0.5) is 5.95 Å². The Morgan fingerprint density at radius 2 is 2.00 bits per heavy atom. The predicted octanol–water partition coefficient (Wildman–Crippen LogP) is 1.72. The van der Waals surface area contributed by atoms with Gasteiger partial charge in [0.1, 0.15) is 10.6 Å². The van der Waals surface area contributed by atoms with E-state index in [1.165, 1.54) is 17.5 Å². The van der Waals surface area contributed by atoms with Crippen LogP contribution in [0.3, 0.4) is 0 Å². The van der Waals surface area contributed by atoms with Gasteiger partial charge < -0.3 is 14.4 Å². The number of anilines is 1. The summed E-state index contributed by atoms with van der Waals surface area (Å²) in [6.45, 7) is 3.25. The Morgan fingerprint density at radius 1 is 1.21 bits per heavy atom. The molecule has 0 N–H and O–H groups in total. The van der Waals surface area contributed by atoms with Crippen molar-refractivity contribution in [2.75, 3.05) is 44.9 Å². The minimum atomic E-state index is -3.78. The van der Waals surface area contributed by atoms with E-state index in [1.807, 2.05) is 0 Å². The maximum atomic E-state index is 13.2. The summed E-state index contributed by atoms with van der Waals surface area (Å²) in [6, 6.07) is 4.59. The molecule has 0 radical (unpaired) electrons. The third-order valence-electron chi connectivity index (χ3n) is 4.94. The van der Waals surface area contributed by atoms with Gasteiger partial charge in [-0.05, 0) is 30.2 Å². The Balaban J connectivity index is 1.63. The Morgan fingerprint density at radius 3 is 2.75 bits per heavy atom. The van der Waals surface area contributed by atoms with E-state index in [0.29, 0.717) is 37.2 Å². The van der Waals surface area contributed by atoms with Crippen LogP contribution in [0.5, 0.6) is 5.75 Å². The minimum Gasteiger partial charge on any atom is -0.495 e. The van der Waals surface area contributed by atoms with E-state index in [2.05, 4.69) is 14.9 Å². The minimum absolute atomic E-state index is 0.0633. The molecule has 1 fully saturated rings. The van der Waals surface area contributed by atoms with Gasteiger partial charge in [-0.3, -0.25) is 0 Å². The number of sulfonamides is 1. The molecule has 0 atom stereocenters. The van der Waals surface area contributed by atoms with Crippen LogP contribution in [0.15, 0.2) is 29.3 Å². The van der Waals surface area contributed by atoms with Crippen LogP contribution in [0.25, 0.3) is 0 Å². The number of morpholine rings is 1. The number of nitrogens with zero attached hydrogens (tertiary/aromatic N) is 4. The van der Waals surface area contributed by atoms with Crippen molar-refractivity contribution in [3.63, 3.8) is 0 Å². The molecular weight excluding hydrogens is 404 g/mol. The van der Waals surface area contributed by atoms with Gasteiger partial charge in [-0.1, -0.05) is 11.6 Å². The Labute approximate surface area is 169 Å². The molecule has 3 heterocycles. The van der Waals surface area contributed by atoms with Gasteiger partial charge in [-0.15, -0.1) is 0 Å². The first-order chi connectivity index (χ1) is 13.5. The summed E-state index contributed by atoms with van der Waals surface area (Å²) in [7, 11) is -2.34. The van der Waals surface area contributed by atoms with Gasteiger partial charge in [0.05, 0.1) is 32.6 Å². The lowest BCUT2D eigenvalue weighted by Gasteiger charge is -2.30. The second kappa shape index (κ2) is 7.82. The number of hydrogen-bond donors (Lipinski definition) is 0. The molecule has 2 aromatic rings. The molecule has 0 unspecified atom stereocenters. The van der Waals surface area contributed by atoms with Crippen LogP contribution < -0.4 is 9.64 Å². The molecule has 0 amide bonds. The smallest absolute Gasteiger partial charge is 0.247 e. The number of aromatic nitrogens is 2. The summed E-state index contributed by atoms with van der Waals surface area (Å²) in [6.07, 6.45) is 2.36. The SMILES string of the molecule is COc1ccc(Cl)cc1S(=O)(=O)N1CCc2cnc(N3CCOCC3)nc2C1. The highest BCUT2D eigenvalue weighted by molar-refractivity contribution is 7.89. The zero-order chi connectivity index (χ0) is 19.7. The van der Waals surface area contributed by atoms with Crippen molar-refractivity contribution < 1.29 is 17.9 Å². The standard InChI is InChI=1S/C18H21ClN4O4S/c1-26-16-3-2-14(19)10-17(16)28(24,25)23-5-4-13-11-20-18(21-15(13)12-23)22-6-8-27-9-7-22/h2-3,10-11H,4-9,12H2,1H3. The molecule has 1 aromatic heterocycles. The molecule has 8 nitrogen and oxygen atoms in total. The number of hydrogen-bond acceptors (Lipinski definition) is 7. The maximum absolute atomic E-state index is 13.2. The first-order valence-electron chi connectivity index (χ1n) is 9.00. The molecule has 2 aliphatic rings. The molecule has 1 aromatic carbocycles. The molecule has 2 aliphatic heterocycles. The third-order valence-corrected chi connectivity index (χ3v) is 7.04. The third kappa shape index (κ3) is 3.67. The first kappa shape index (κ1) is 19.4. The van der Waals surface area contributed by atoms with Gasteiger partial charge in [0.2, 0.25) is 16.0 Å². The lowest BCUT2D eigenvalue weighted by Crippen LogP contribution is -2.39. The molecule has 28 heavy (non-hydrogen) atoms. The molecule has 4 rings (SSSR count). The van der Waals surface area contributed by atoms with E-state index < -0.39 is 10.0 Å². The molecule has 0 saturated carbocycles. The molecule has 0 spiro atoms. The van der Waals surface area contributed by atoms with Gasteiger partial charge in [0.25, 0.3) is 0 Å². The molecule has 1 saturated heterocycles. The molecule has 0 aliphatic carbocycles. The Hall–Kier alpha value is -1.94. The summed E-state index contributed by atoms with van der Waals surface area (Å²) in [5, 5.41) is 0.341. The van der Waals surface area contributed by atoms with Crippen molar-refractivity contribution in [2.24, 2.45) is 0 Å². The zero-order valence-corrected chi connectivity index (χ0v) is 17.0. The fraction of sp³-hybridized carbons (Fsp3) is 0.444. The van der Waals surface area contributed by atoms with Crippen LogP contribution in [0.1, 0.15) is 11.3 Å². The Bertz CT molecular complexity index is 980. The van der Waals surface area contributed by atoms with Crippen molar-refractivity contribution in [1.29, 1.82) is 0 Å². The van der Waals surface area contributed by atoms with Gasteiger partial charge in [-0.25, -0.2) is 18.4 Å². The van der Waals surface area contributed by atoms with Crippen molar-refractivity contribution in [3.05, 3.63) is 40.7 Å². The van der Waals surface area contributed by atoms with Gasteiger partial charge in [-0.2, -0.15) is 4.31 Å². The number of benzene rings is 1. The molecule has 0 bridgehead atoms. The lowest BCUT2D eigenvalue weighted by molar-refractivity contribution is 0.122. The Kier molecular flexibility index (Phi) is 5.42. The van der Waals surface area contributed by atoms with E-state index in [-0.39, 0.29) is 17.2 Å². The average molecular weight is 425 g/mol. The number of ether oxygens (including phenoxy) is 2. The summed E-state index contributed by atoms with van der Waals surface area (Å²) in [5.74, 6) is 0.883. The second-order valence-corrected chi connectivity index (χ2v) is 8.97. The van der Waals surface area contributed by atoms with Crippen LogP contribution in [0.2, 0.25) is 5.02 Å². The monoisotopic (exact) mass is 424 g/mol. The number of halogens is 1. The normalized spacial score (nSPS) is 18.0. The van der Waals surface area contributed by atoms with Crippen LogP contribution in [0, 0.1) is 0 Å². The highest BCUT2D eigenvalue weighted by atomic mass is 35.5. The lowest BCUT2D eigenvalue weighted by atomic mass is 10.1. The van der Waals surface area contributed by atoms with Crippen LogP contribution in [-0.4, -0.2) is 62.6 Å². The maximum Gasteiger partial charge on any atom is 0.247 e. The van der Waals surface area contributed by atoms with Crippen LogP contribution in [-0.2, 0) is 27.7 Å². The highest BCUT2D eigenvalue weighted by Crippen LogP contribution is 2.32. The number of methoxy groups -OCH3 is 1. The number of rotatable bonds is 4. The summed E-state index contributed by atoms with van der Waals surface area (Å²) < 4.78 is 38.5. The van der Waals surface area contributed by atoms with Crippen molar-refractivity contribution in [2.45, 2.75) is 17.9 Å². The molecular formula is C18H21ClN4O4S. The van der Waals surface area contributed by atoms with Gasteiger partial charge in [0, 0.05) is 30.9 Å². The largest absolute Gasteiger partial charge is 0.495 e. The zero-order valence-electron chi connectivity index (χ0n) is 15.5. The summed E-state index contributed by atoms with van der Waals surface area (Å²) in [5.41, 5.74) is 1.70. The van der Waals surface area contributed by atoms with Crippen molar-refractivity contribution in [3.8, 4) is 5.75 Å². The second-order valence-electron chi connectivity index (χ2n) is 6.63. The first-order valence-corrected chi connectivity index (χ1v) is 10.8. The van der Waals surface area contributed by atoms with Crippen molar-refractivity contribution in [1.82, 2.24) is 14.3 Å². The van der Waals surface area contributed by atoms with E-state index in [9.17, 15) is 8.42 Å². The van der Waals surface area contributed by atoms with Crippen molar-refractivity contribution >= 4 is 27.6 Å². The average Bonchev–Trinajstić information content (AvgIpc) is 2.73. The van der Waals surface area contributed by atoms with E-state index in [1.54, 1.807) is 18.3 Å². The highest BCUT2D eigenvalue weighted by Gasteiger charge is 2.32. The fourth-order valence-corrected chi connectivity index (χ4v) is 5.20. The fourth-order valence-electron chi connectivity index (χ4n) is 3.38. The molecule has 10 heteroatoms. The molecule has 150 valence electrons. The van der Waals surface area contributed by atoms with E-state index in [0.717, 1.165) is 24.3 Å². The summed E-state index contributed by atoms with van der Waals surface area (Å²) >= 11 is 6.03. The predicted molar refractivity (Wildman–Crippen MR) is 104 cm³/mol. The van der Waals surface area contributed by atoms with E-state index in [4.69, 9.17) is 21.1 Å². The summed E-state index contributed by atoms with van der Waals surface area (Å²) in [4.78, 5) is 11.2. The van der Waals surface area contributed by atoms with Crippen LogP contribution >= 0.6 is 11.6 Å².